The first kappa shape index (κ1) is 22.5. The number of nitrogens with zero attached hydrogens (tertiary/aromatic N) is 2. The van der Waals surface area contributed by atoms with Crippen molar-refractivity contribution in [3.8, 4) is 5.75 Å². The van der Waals surface area contributed by atoms with Crippen LogP contribution in [0.2, 0.25) is 0 Å². The lowest BCUT2D eigenvalue weighted by Gasteiger charge is -2.26. The summed E-state index contributed by atoms with van der Waals surface area (Å²) in [6.07, 6.45) is 3.57. The summed E-state index contributed by atoms with van der Waals surface area (Å²) in [5.74, 6) is 2.15. The van der Waals surface area contributed by atoms with Gasteiger partial charge in [-0.25, -0.2) is 4.99 Å². The Balaban J connectivity index is 1.71. The highest BCUT2D eigenvalue weighted by Gasteiger charge is 2.10. The maximum absolute atomic E-state index is 6.05. The van der Waals surface area contributed by atoms with E-state index >= 15 is 0 Å². The van der Waals surface area contributed by atoms with Gasteiger partial charge in [0, 0.05) is 25.7 Å². The van der Waals surface area contributed by atoms with Crippen molar-refractivity contribution in [2.75, 3.05) is 39.5 Å². The molecule has 1 aromatic carbocycles. The first-order valence-corrected chi connectivity index (χ1v) is 10.6. The topological polar surface area (TPSA) is 72.1 Å². The average molecular weight is 391 g/mol. The van der Waals surface area contributed by atoms with Gasteiger partial charge in [0.2, 0.25) is 0 Å². The highest BCUT2D eigenvalue weighted by Crippen LogP contribution is 2.14. The van der Waals surface area contributed by atoms with Crippen LogP contribution in [0.15, 0.2) is 29.3 Å². The average Bonchev–Trinajstić information content (AvgIpc) is 2.67. The van der Waals surface area contributed by atoms with Gasteiger partial charge in [-0.2, -0.15) is 0 Å². The van der Waals surface area contributed by atoms with Crippen LogP contribution in [0.5, 0.6) is 5.75 Å². The van der Waals surface area contributed by atoms with E-state index in [1.54, 1.807) is 0 Å². The van der Waals surface area contributed by atoms with Crippen molar-refractivity contribution in [3.05, 3.63) is 29.8 Å². The molecule has 1 saturated heterocycles. The molecule has 1 unspecified atom stereocenters. The molecule has 2 rings (SSSR count). The summed E-state index contributed by atoms with van der Waals surface area (Å²) in [5.41, 5.74) is 7.14. The van der Waals surface area contributed by atoms with Crippen molar-refractivity contribution in [1.82, 2.24) is 10.2 Å². The van der Waals surface area contributed by atoms with Crippen LogP contribution in [0.25, 0.3) is 0 Å². The van der Waals surface area contributed by atoms with Crippen LogP contribution in [-0.2, 0) is 11.3 Å². The maximum Gasteiger partial charge on any atom is 0.189 e. The number of guanidine groups is 1. The van der Waals surface area contributed by atoms with E-state index in [1.165, 1.54) is 12.8 Å². The lowest BCUT2D eigenvalue weighted by atomic mass is 10.0. The molecule has 0 saturated carbocycles. The van der Waals surface area contributed by atoms with Gasteiger partial charge < -0.3 is 20.5 Å². The predicted molar refractivity (Wildman–Crippen MR) is 116 cm³/mol. The first-order valence-electron chi connectivity index (χ1n) is 10.6. The van der Waals surface area contributed by atoms with Crippen molar-refractivity contribution in [2.24, 2.45) is 16.6 Å². The Kier molecular flexibility index (Phi) is 10.1. The summed E-state index contributed by atoms with van der Waals surface area (Å²) >= 11 is 0. The predicted octanol–water partition coefficient (Wildman–Crippen LogP) is 3.02. The molecule has 0 radical (unpaired) electrons. The van der Waals surface area contributed by atoms with Crippen LogP contribution in [0.3, 0.4) is 0 Å². The molecule has 0 aliphatic carbocycles. The largest absolute Gasteiger partial charge is 0.492 e. The summed E-state index contributed by atoms with van der Waals surface area (Å²) in [5, 5.41) is 3.29. The van der Waals surface area contributed by atoms with Gasteiger partial charge in [0.1, 0.15) is 12.4 Å². The molecule has 28 heavy (non-hydrogen) atoms. The molecule has 0 bridgehead atoms. The van der Waals surface area contributed by atoms with Gasteiger partial charge in [0.25, 0.3) is 0 Å². The van der Waals surface area contributed by atoms with E-state index in [0.717, 1.165) is 56.5 Å². The number of benzene rings is 1. The quantitative estimate of drug-likeness (QED) is 0.449. The summed E-state index contributed by atoms with van der Waals surface area (Å²) in [6.45, 7) is 12.5. The van der Waals surface area contributed by atoms with Crippen molar-refractivity contribution in [1.29, 1.82) is 0 Å². The number of nitrogens with two attached hydrogens (primary N) is 1. The Labute approximate surface area is 170 Å². The third-order valence-electron chi connectivity index (χ3n) is 4.92. The van der Waals surface area contributed by atoms with Crippen molar-refractivity contribution < 1.29 is 9.47 Å². The van der Waals surface area contributed by atoms with Gasteiger partial charge in [0.15, 0.2) is 5.96 Å². The third-order valence-corrected chi connectivity index (χ3v) is 4.92. The fourth-order valence-electron chi connectivity index (χ4n) is 3.23. The number of aliphatic imine (C=N–C) groups is 1. The van der Waals surface area contributed by atoms with Crippen molar-refractivity contribution in [2.45, 2.75) is 52.6 Å². The molecule has 0 spiro atoms. The van der Waals surface area contributed by atoms with Crippen LogP contribution >= 0.6 is 0 Å². The van der Waals surface area contributed by atoms with Gasteiger partial charge in [0.05, 0.1) is 19.8 Å². The Morgan fingerprint density at radius 2 is 2.04 bits per heavy atom. The Bertz CT molecular complexity index is 586. The van der Waals surface area contributed by atoms with Crippen molar-refractivity contribution >= 4 is 5.96 Å². The highest BCUT2D eigenvalue weighted by molar-refractivity contribution is 5.78. The van der Waals surface area contributed by atoms with Gasteiger partial charge in [-0.3, -0.25) is 4.90 Å². The van der Waals surface area contributed by atoms with E-state index in [0.29, 0.717) is 25.2 Å². The summed E-state index contributed by atoms with van der Waals surface area (Å²) in [4.78, 5) is 6.85. The molecule has 3 N–H and O–H groups in total. The zero-order chi connectivity index (χ0) is 20.2. The van der Waals surface area contributed by atoms with E-state index in [-0.39, 0.29) is 0 Å². The summed E-state index contributed by atoms with van der Waals surface area (Å²) < 4.78 is 11.3. The van der Waals surface area contributed by atoms with Crippen LogP contribution < -0.4 is 15.8 Å². The molecular formula is C22H38N4O2. The van der Waals surface area contributed by atoms with Crippen LogP contribution in [0.4, 0.5) is 0 Å². The monoisotopic (exact) mass is 390 g/mol. The Morgan fingerprint density at radius 1 is 1.25 bits per heavy atom. The standard InChI is InChI=1S/C22H38N4O2/c1-18(2)6-4-7-19(3)25-22(23)24-17-20-8-5-9-21(16-20)28-15-12-26-10-13-27-14-11-26/h5,8-9,16,18-19H,4,6-7,10-15,17H2,1-3H3,(H3,23,24,25). The summed E-state index contributed by atoms with van der Waals surface area (Å²) in [6, 6.07) is 8.44. The highest BCUT2D eigenvalue weighted by atomic mass is 16.5. The molecular weight excluding hydrogens is 352 g/mol. The minimum atomic E-state index is 0.345. The second kappa shape index (κ2) is 12.6. The van der Waals surface area contributed by atoms with E-state index in [9.17, 15) is 0 Å². The maximum atomic E-state index is 6.05. The zero-order valence-corrected chi connectivity index (χ0v) is 17.8. The lowest BCUT2D eigenvalue weighted by molar-refractivity contribution is 0.0322. The Hall–Kier alpha value is -1.79. The minimum absolute atomic E-state index is 0.345. The molecule has 1 heterocycles. The minimum Gasteiger partial charge on any atom is -0.492 e. The van der Waals surface area contributed by atoms with Crippen LogP contribution in [0.1, 0.15) is 45.6 Å². The van der Waals surface area contributed by atoms with E-state index < -0.39 is 0 Å². The molecule has 1 aliphatic heterocycles. The number of hydrogen-bond donors (Lipinski definition) is 2. The van der Waals surface area contributed by atoms with Gasteiger partial charge in [-0.15, -0.1) is 0 Å². The van der Waals surface area contributed by atoms with Crippen LogP contribution in [-0.4, -0.2) is 56.4 Å². The first-order chi connectivity index (χ1) is 13.5. The fourth-order valence-corrected chi connectivity index (χ4v) is 3.23. The van der Waals surface area contributed by atoms with Gasteiger partial charge in [-0.05, 0) is 37.0 Å². The molecule has 1 aliphatic rings. The molecule has 6 heteroatoms. The molecule has 1 aromatic rings. The zero-order valence-electron chi connectivity index (χ0n) is 17.8. The Morgan fingerprint density at radius 3 is 2.79 bits per heavy atom. The molecule has 1 atom stereocenters. The number of hydrogen-bond acceptors (Lipinski definition) is 4. The van der Waals surface area contributed by atoms with Gasteiger partial charge in [-0.1, -0.05) is 38.8 Å². The smallest absolute Gasteiger partial charge is 0.189 e. The summed E-state index contributed by atoms with van der Waals surface area (Å²) in [7, 11) is 0. The van der Waals surface area contributed by atoms with Crippen LogP contribution in [0, 0.1) is 5.92 Å². The SMILES string of the molecule is CC(C)CCCC(C)NC(N)=NCc1cccc(OCCN2CCOCC2)c1. The number of rotatable bonds is 11. The number of ether oxygens (including phenoxy) is 2. The van der Waals surface area contributed by atoms with E-state index in [2.05, 4.69) is 42.0 Å². The fraction of sp³-hybridized carbons (Fsp3) is 0.682. The molecule has 1 fully saturated rings. The van der Waals surface area contributed by atoms with E-state index in [1.807, 2.05) is 18.2 Å². The lowest BCUT2D eigenvalue weighted by Crippen LogP contribution is -2.38. The number of morpholine rings is 1. The van der Waals surface area contributed by atoms with Gasteiger partial charge >= 0.3 is 0 Å². The molecule has 158 valence electrons. The van der Waals surface area contributed by atoms with E-state index in [4.69, 9.17) is 15.2 Å². The molecule has 0 amide bonds. The molecule has 6 nitrogen and oxygen atoms in total. The van der Waals surface area contributed by atoms with Crippen molar-refractivity contribution in [3.63, 3.8) is 0 Å². The normalized spacial score (nSPS) is 16.9. The number of nitrogens with one attached hydrogen (secondary N) is 1. The second-order valence-electron chi connectivity index (χ2n) is 8.02. The third kappa shape index (κ3) is 9.42. The second-order valence-corrected chi connectivity index (χ2v) is 8.02. The molecule has 0 aromatic heterocycles.